The van der Waals surface area contributed by atoms with Gasteiger partial charge in [0, 0.05) is 23.1 Å². The molecule has 1 aromatic heterocycles. The SMILES string of the molecule is NNC(Cc1cncs1)c1cc(F)ccc1F. The molecule has 0 aliphatic rings. The molecule has 0 radical (unpaired) electrons. The molecular formula is C11H11F2N3S. The average Bonchev–Trinajstić information content (AvgIpc) is 2.82. The van der Waals surface area contributed by atoms with Crippen molar-refractivity contribution in [2.24, 2.45) is 5.84 Å². The number of thiazole rings is 1. The van der Waals surface area contributed by atoms with Crippen LogP contribution in [0.4, 0.5) is 8.78 Å². The van der Waals surface area contributed by atoms with Crippen LogP contribution in [0.2, 0.25) is 0 Å². The minimum Gasteiger partial charge on any atom is -0.271 e. The van der Waals surface area contributed by atoms with Crippen molar-refractivity contribution in [3.8, 4) is 0 Å². The Labute approximate surface area is 101 Å². The number of nitrogens with two attached hydrogens (primary N) is 1. The summed E-state index contributed by atoms with van der Waals surface area (Å²) in [5.41, 5.74) is 4.41. The summed E-state index contributed by atoms with van der Waals surface area (Å²) in [7, 11) is 0. The second kappa shape index (κ2) is 5.31. The molecule has 0 amide bonds. The lowest BCUT2D eigenvalue weighted by Crippen LogP contribution is -2.30. The molecule has 3 nitrogen and oxygen atoms in total. The van der Waals surface area contributed by atoms with Crippen LogP contribution in [0, 0.1) is 11.6 Å². The second-order valence-electron chi connectivity index (χ2n) is 3.56. The molecule has 0 saturated carbocycles. The first-order chi connectivity index (χ1) is 8.20. The Kier molecular flexibility index (Phi) is 3.78. The smallest absolute Gasteiger partial charge is 0.128 e. The zero-order valence-corrected chi connectivity index (χ0v) is 9.68. The molecule has 17 heavy (non-hydrogen) atoms. The molecule has 0 aliphatic carbocycles. The van der Waals surface area contributed by atoms with E-state index in [1.807, 2.05) is 0 Å². The van der Waals surface area contributed by atoms with Crippen LogP contribution in [0.1, 0.15) is 16.5 Å². The van der Waals surface area contributed by atoms with Crippen molar-refractivity contribution in [3.63, 3.8) is 0 Å². The zero-order valence-electron chi connectivity index (χ0n) is 8.86. The van der Waals surface area contributed by atoms with E-state index in [-0.39, 0.29) is 5.56 Å². The van der Waals surface area contributed by atoms with Crippen LogP contribution in [-0.4, -0.2) is 4.98 Å². The number of hydrazine groups is 1. The highest BCUT2D eigenvalue weighted by atomic mass is 32.1. The Hall–Kier alpha value is -1.37. The first kappa shape index (κ1) is 12.1. The fraction of sp³-hybridized carbons (Fsp3) is 0.182. The van der Waals surface area contributed by atoms with Crippen LogP contribution in [0.25, 0.3) is 0 Å². The molecule has 2 aromatic rings. The first-order valence-corrected chi connectivity index (χ1v) is 5.87. The molecule has 1 aromatic carbocycles. The van der Waals surface area contributed by atoms with Gasteiger partial charge in [0.25, 0.3) is 0 Å². The van der Waals surface area contributed by atoms with Gasteiger partial charge < -0.3 is 0 Å². The van der Waals surface area contributed by atoms with Crippen molar-refractivity contribution in [1.29, 1.82) is 0 Å². The van der Waals surface area contributed by atoms with Gasteiger partial charge in [-0.25, -0.2) is 8.78 Å². The summed E-state index contributed by atoms with van der Waals surface area (Å²) in [6.07, 6.45) is 2.16. The van der Waals surface area contributed by atoms with Gasteiger partial charge >= 0.3 is 0 Å². The van der Waals surface area contributed by atoms with E-state index in [0.29, 0.717) is 6.42 Å². The van der Waals surface area contributed by atoms with Gasteiger partial charge in [0.1, 0.15) is 11.6 Å². The summed E-state index contributed by atoms with van der Waals surface area (Å²) in [6, 6.07) is 2.87. The molecule has 0 spiro atoms. The Balaban J connectivity index is 2.25. The van der Waals surface area contributed by atoms with Crippen molar-refractivity contribution in [1.82, 2.24) is 10.4 Å². The van der Waals surface area contributed by atoms with Gasteiger partial charge in [-0.15, -0.1) is 11.3 Å². The topological polar surface area (TPSA) is 50.9 Å². The highest BCUT2D eigenvalue weighted by Gasteiger charge is 2.16. The molecule has 3 N–H and O–H groups in total. The first-order valence-electron chi connectivity index (χ1n) is 4.99. The molecule has 2 rings (SSSR count). The monoisotopic (exact) mass is 255 g/mol. The van der Waals surface area contributed by atoms with Crippen molar-refractivity contribution in [2.45, 2.75) is 12.5 Å². The third-order valence-corrected chi connectivity index (χ3v) is 3.23. The fourth-order valence-electron chi connectivity index (χ4n) is 1.58. The maximum atomic E-state index is 13.6. The van der Waals surface area contributed by atoms with E-state index in [1.165, 1.54) is 11.3 Å². The predicted octanol–water partition coefficient (Wildman–Crippen LogP) is 2.17. The van der Waals surface area contributed by atoms with Crippen molar-refractivity contribution >= 4 is 11.3 Å². The highest BCUT2D eigenvalue weighted by Crippen LogP contribution is 2.22. The Bertz CT molecular complexity index is 487. The molecule has 0 bridgehead atoms. The number of hydrogen-bond acceptors (Lipinski definition) is 4. The summed E-state index contributed by atoms with van der Waals surface area (Å²) in [6.45, 7) is 0. The fourth-order valence-corrected chi connectivity index (χ4v) is 2.23. The molecule has 0 saturated heterocycles. The van der Waals surface area contributed by atoms with E-state index in [9.17, 15) is 8.78 Å². The maximum Gasteiger partial charge on any atom is 0.128 e. The Morgan fingerprint density at radius 2 is 2.24 bits per heavy atom. The van der Waals surface area contributed by atoms with Crippen molar-refractivity contribution in [3.05, 3.63) is 52.0 Å². The number of benzene rings is 1. The predicted molar refractivity (Wildman–Crippen MR) is 62.2 cm³/mol. The van der Waals surface area contributed by atoms with Crippen LogP contribution in [0.5, 0.6) is 0 Å². The van der Waals surface area contributed by atoms with Gasteiger partial charge in [-0.05, 0) is 18.2 Å². The van der Waals surface area contributed by atoms with Gasteiger partial charge in [0.15, 0.2) is 0 Å². The molecule has 0 aliphatic heterocycles. The minimum absolute atomic E-state index is 0.223. The van der Waals surface area contributed by atoms with Crippen LogP contribution in [-0.2, 0) is 6.42 Å². The average molecular weight is 255 g/mol. The van der Waals surface area contributed by atoms with Gasteiger partial charge in [-0.2, -0.15) is 0 Å². The number of aromatic nitrogens is 1. The van der Waals surface area contributed by atoms with Crippen LogP contribution >= 0.6 is 11.3 Å². The van der Waals surface area contributed by atoms with Crippen LogP contribution in [0.15, 0.2) is 29.9 Å². The molecule has 90 valence electrons. The summed E-state index contributed by atoms with van der Waals surface area (Å²) < 4.78 is 26.6. The summed E-state index contributed by atoms with van der Waals surface area (Å²) in [5.74, 6) is 4.43. The molecule has 1 unspecified atom stereocenters. The molecular weight excluding hydrogens is 244 g/mol. The van der Waals surface area contributed by atoms with Gasteiger partial charge in [-0.3, -0.25) is 16.3 Å². The normalized spacial score (nSPS) is 12.6. The number of halogens is 2. The summed E-state index contributed by atoms with van der Waals surface area (Å²) in [5, 5.41) is 0. The van der Waals surface area contributed by atoms with Crippen LogP contribution < -0.4 is 11.3 Å². The molecule has 1 atom stereocenters. The summed E-state index contributed by atoms with van der Waals surface area (Å²) in [4.78, 5) is 4.88. The van der Waals surface area contributed by atoms with E-state index >= 15 is 0 Å². The number of hydrogen-bond donors (Lipinski definition) is 2. The number of rotatable bonds is 4. The quantitative estimate of drug-likeness (QED) is 0.650. The zero-order chi connectivity index (χ0) is 12.3. The van der Waals surface area contributed by atoms with Crippen molar-refractivity contribution < 1.29 is 8.78 Å². The standard InChI is InChI=1S/C11H11F2N3S/c12-7-1-2-10(13)9(3-7)11(16-14)4-8-5-15-6-17-8/h1-3,5-6,11,16H,4,14H2. The third-order valence-electron chi connectivity index (χ3n) is 2.42. The largest absolute Gasteiger partial charge is 0.271 e. The van der Waals surface area contributed by atoms with E-state index in [1.54, 1.807) is 11.7 Å². The lowest BCUT2D eigenvalue weighted by Gasteiger charge is -2.16. The Morgan fingerprint density at radius 1 is 1.41 bits per heavy atom. The lowest BCUT2D eigenvalue weighted by atomic mass is 10.0. The molecule has 1 heterocycles. The van der Waals surface area contributed by atoms with Gasteiger partial charge in [0.2, 0.25) is 0 Å². The summed E-state index contributed by atoms with van der Waals surface area (Å²) >= 11 is 1.45. The highest BCUT2D eigenvalue weighted by molar-refractivity contribution is 7.09. The van der Waals surface area contributed by atoms with E-state index in [4.69, 9.17) is 5.84 Å². The molecule has 0 fully saturated rings. The van der Waals surface area contributed by atoms with E-state index < -0.39 is 17.7 Å². The Morgan fingerprint density at radius 3 is 2.88 bits per heavy atom. The third kappa shape index (κ3) is 2.85. The van der Waals surface area contributed by atoms with E-state index in [0.717, 1.165) is 23.1 Å². The lowest BCUT2D eigenvalue weighted by molar-refractivity contribution is 0.504. The number of nitrogens with one attached hydrogen (secondary N) is 1. The van der Waals surface area contributed by atoms with Crippen LogP contribution in [0.3, 0.4) is 0 Å². The number of nitrogens with zero attached hydrogens (tertiary/aromatic N) is 1. The van der Waals surface area contributed by atoms with Crippen molar-refractivity contribution in [2.75, 3.05) is 0 Å². The van der Waals surface area contributed by atoms with Gasteiger partial charge in [0.05, 0.1) is 11.6 Å². The maximum absolute atomic E-state index is 13.6. The van der Waals surface area contributed by atoms with Gasteiger partial charge in [-0.1, -0.05) is 0 Å². The second-order valence-corrected chi connectivity index (χ2v) is 4.53. The van der Waals surface area contributed by atoms with E-state index in [2.05, 4.69) is 10.4 Å². The minimum atomic E-state index is -0.481. The molecule has 6 heteroatoms.